The first-order chi connectivity index (χ1) is 16.5. The molecule has 1 heterocycles. The molecule has 10 nitrogen and oxygen atoms in total. The maximum atomic E-state index is 10.3. The van der Waals surface area contributed by atoms with E-state index in [4.69, 9.17) is 32.0 Å². The molecule has 1 aromatic heterocycles. The molecule has 5 N–H and O–H groups in total. The average molecular weight is 509 g/mol. The van der Waals surface area contributed by atoms with Crippen LogP contribution in [-0.2, 0) is 26.3 Å². The zero-order valence-electron chi connectivity index (χ0n) is 19.0. The Morgan fingerprint density at radius 3 is 1.94 bits per heavy atom. The molecule has 1 aromatic carbocycles. The van der Waals surface area contributed by atoms with E-state index in [9.17, 15) is 19.5 Å². The first-order valence-corrected chi connectivity index (χ1v) is 11.2. The summed E-state index contributed by atoms with van der Waals surface area (Å²) in [5, 5.41) is 44.0. The molecule has 3 rings (SSSR count). The van der Waals surface area contributed by atoms with Crippen molar-refractivity contribution in [2.75, 3.05) is 19.7 Å². The van der Waals surface area contributed by atoms with Crippen LogP contribution in [0.25, 0.3) is 0 Å². The summed E-state index contributed by atoms with van der Waals surface area (Å²) >= 11 is 6.00. The van der Waals surface area contributed by atoms with E-state index in [0.29, 0.717) is 6.54 Å². The molecule has 0 unspecified atom stereocenters. The van der Waals surface area contributed by atoms with Gasteiger partial charge in [-0.1, -0.05) is 23.7 Å². The van der Waals surface area contributed by atoms with Crippen LogP contribution in [-0.4, -0.2) is 78.6 Å². The van der Waals surface area contributed by atoms with Crippen molar-refractivity contribution in [3.05, 3.63) is 64.9 Å². The van der Waals surface area contributed by atoms with Crippen LogP contribution < -0.4 is 0 Å². The van der Waals surface area contributed by atoms with Gasteiger partial charge in [0.15, 0.2) is 5.60 Å². The summed E-state index contributed by atoms with van der Waals surface area (Å²) in [6, 6.07) is 12.3. The number of aliphatic hydroxyl groups excluding tert-OH is 1. The van der Waals surface area contributed by atoms with Crippen LogP contribution in [0.4, 0.5) is 0 Å². The molecular weight excluding hydrogens is 480 g/mol. The molecule has 0 amide bonds. The van der Waals surface area contributed by atoms with E-state index in [2.05, 4.69) is 22.0 Å². The number of pyridine rings is 1. The molecule has 35 heavy (non-hydrogen) atoms. The minimum Gasteiger partial charge on any atom is -0.481 e. The zero-order valence-corrected chi connectivity index (χ0v) is 19.8. The molecule has 0 spiro atoms. The van der Waals surface area contributed by atoms with Crippen molar-refractivity contribution < 1.29 is 39.9 Å². The number of rotatable bonds is 12. The maximum Gasteiger partial charge on any atom is 0.336 e. The highest BCUT2D eigenvalue weighted by molar-refractivity contribution is 6.30. The largest absolute Gasteiger partial charge is 0.481 e. The maximum absolute atomic E-state index is 10.3. The summed E-state index contributed by atoms with van der Waals surface area (Å²) in [6.07, 6.45) is 3.75. The number of hydrogen-bond donors (Lipinski definition) is 5. The summed E-state index contributed by atoms with van der Waals surface area (Å²) in [5.74, 6) is -5.02. The van der Waals surface area contributed by atoms with E-state index >= 15 is 0 Å². The zero-order chi connectivity index (χ0) is 26.1. The van der Waals surface area contributed by atoms with Gasteiger partial charge < -0.3 is 25.5 Å². The number of aliphatic hydroxyl groups is 2. The highest BCUT2D eigenvalue weighted by Crippen LogP contribution is 2.49. The van der Waals surface area contributed by atoms with Crippen molar-refractivity contribution in [3.8, 4) is 0 Å². The van der Waals surface area contributed by atoms with Gasteiger partial charge in [0.1, 0.15) is 0 Å². The Morgan fingerprint density at radius 2 is 1.51 bits per heavy atom. The van der Waals surface area contributed by atoms with Gasteiger partial charge in [-0.25, -0.2) is 4.79 Å². The van der Waals surface area contributed by atoms with E-state index in [1.165, 1.54) is 24.0 Å². The number of hydrogen-bond acceptors (Lipinski definition) is 7. The molecule has 0 aliphatic heterocycles. The van der Waals surface area contributed by atoms with E-state index in [-0.39, 0.29) is 12.0 Å². The van der Waals surface area contributed by atoms with Gasteiger partial charge in [0.25, 0.3) is 0 Å². The molecular formula is C24H29ClN2O8. The fourth-order valence-corrected chi connectivity index (χ4v) is 3.86. The molecule has 11 heteroatoms. The number of carbonyl (C=O) groups is 3. The fraction of sp³-hybridized carbons (Fsp3) is 0.417. The second kappa shape index (κ2) is 12.6. The summed E-state index contributed by atoms with van der Waals surface area (Å²) < 4.78 is 0. The highest BCUT2D eigenvalue weighted by atomic mass is 35.5. The molecule has 0 saturated heterocycles. The Balaban J connectivity index is 0.000000287. The second-order valence-electron chi connectivity index (χ2n) is 8.55. The fourth-order valence-electron chi connectivity index (χ4n) is 3.74. The van der Waals surface area contributed by atoms with Crippen molar-refractivity contribution in [2.24, 2.45) is 0 Å². The smallest absolute Gasteiger partial charge is 0.336 e. The third-order valence-corrected chi connectivity index (χ3v) is 5.95. The van der Waals surface area contributed by atoms with E-state index in [1.807, 2.05) is 36.7 Å². The quantitative estimate of drug-likeness (QED) is 0.286. The predicted molar refractivity (Wildman–Crippen MR) is 126 cm³/mol. The molecule has 2 aromatic rings. The Bertz CT molecular complexity index is 980. The summed E-state index contributed by atoms with van der Waals surface area (Å²) in [7, 11) is 0. The van der Waals surface area contributed by atoms with Gasteiger partial charge in [-0.15, -0.1) is 0 Å². The third-order valence-electron chi connectivity index (χ3n) is 5.69. The normalized spacial score (nSPS) is 14.1. The summed E-state index contributed by atoms with van der Waals surface area (Å²) in [4.78, 5) is 36.9. The van der Waals surface area contributed by atoms with Crippen molar-refractivity contribution >= 4 is 29.5 Å². The molecule has 1 aliphatic rings. The minimum absolute atomic E-state index is 0.182. The number of carboxylic acids is 3. The lowest BCUT2D eigenvalue weighted by Crippen LogP contribution is -2.42. The molecule has 190 valence electrons. The van der Waals surface area contributed by atoms with Crippen molar-refractivity contribution in [3.63, 3.8) is 0 Å². The molecule has 1 saturated carbocycles. The van der Waals surface area contributed by atoms with Gasteiger partial charge in [-0.2, -0.15) is 0 Å². The van der Waals surface area contributed by atoms with Gasteiger partial charge in [0, 0.05) is 42.5 Å². The van der Waals surface area contributed by atoms with Gasteiger partial charge >= 0.3 is 17.9 Å². The van der Waals surface area contributed by atoms with E-state index in [1.54, 1.807) is 0 Å². The van der Waals surface area contributed by atoms with Crippen LogP contribution in [0.15, 0.2) is 48.8 Å². The van der Waals surface area contributed by atoms with Crippen LogP contribution in [0.2, 0.25) is 5.02 Å². The number of benzene rings is 1. The van der Waals surface area contributed by atoms with Crippen LogP contribution in [0.3, 0.4) is 0 Å². The lowest BCUT2D eigenvalue weighted by atomic mass is 9.95. The van der Waals surface area contributed by atoms with Crippen LogP contribution in [0.1, 0.15) is 36.8 Å². The number of nitrogens with zero attached hydrogens (tertiary/aromatic N) is 2. The Labute approximate surface area is 207 Å². The lowest BCUT2D eigenvalue weighted by molar-refractivity contribution is -0.170. The molecule has 0 bridgehead atoms. The molecule has 0 atom stereocenters. The first-order valence-electron chi connectivity index (χ1n) is 10.9. The predicted octanol–water partition coefficient (Wildman–Crippen LogP) is 2.01. The number of aliphatic carboxylic acids is 3. The minimum atomic E-state index is -2.74. The standard InChI is InChI=1S/C18H21ClN2O.C6H8O7/c19-17-3-1-16(2-4-17)18(7-8-18)14-21(11-12-22)13-15-5-9-20-10-6-15;7-3(8)1-6(13,5(11)12)2-4(9)10/h1-6,9-10,22H,7-8,11-14H2;13H,1-2H2,(H,7,8)(H,9,10)(H,11,12). The third kappa shape index (κ3) is 8.91. The summed E-state index contributed by atoms with van der Waals surface area (Å²) in [5.41, 5.74) is 0.0784. The topological polar surface area (TPSA) is 168 Å². The van der Waals surface area contributed by atoms with Gasteiger partial charge in [0.2, 0.25) is 0 Å². The molecule has 0 radical (unpaired) electrons. The lowest BCUT2D eigenvalue weighted by Gasteiger charge is -2.27. The Kier molecular flexibility index (Phi) is 10.1. The van der Waals surface area contributed by atoms with Crippen LogP contribution in [0, 0.1) is 0 Å². The average Bonchev–Trinajstić information content (AvgIpc) is 3.55. The monoisotopic (exact) mass is 508 g/mol. The van der Waals surface area contributed by atoms with Crippen molar-refractivity contribution in [1.29, 1.82) is 0 Å². The van der Waals surface area contributed by atoms with Crippen molar-refractivity contribution in [2.45, 2.75) is 43.2 Å². The van der Waals surface area contributed by atoms with Crippen LogP contribution in [0.5, 0.6) is 0 Å². The molecule has 1 aliphatic carbocycles. The summed E-state index contributed by atoms with van der Waals surface area (Å²) in [6.45, 7) is 2.69. The number of aromatic nitrogens is 1. The van der Waals surface area contributed by atoms with Gasteiger partial charge in [-0.3, -0.25) is 19.5 Å². The highest BCUT2D eigenvalue weighted by Gasteiger charge is 2.45. The Hall–Kier alpha value is -3.05. The molecule has 1 fully saturated rings. The number of halogens is 1. The van der Waals surface area contributed by atoms with Crippen molar-refractivity contribution in [1.82, 2.24) is 9.88 Å². The first kappa shape index (κ1) is 28.2. The van der Waals surface area contributed by atoms with Gasteiger partial charge in [-0.05, 0) is 48.2 Å². The second-order valence-corrected chi connectivity index (χ2v) is 8.99. The van der Waals surface area contributed by atoms with E-state index < -0.39 is 36.4 Å². The van der Waals surface area contributed by atoms with Crippen LogP contribution >= 0.6 is 11.6 Å². The SMILES string of the molecule is O=C(O)CC(O)(CC(=O)O)C(=O)O.OCCN(Cc1ccncc1)CC1(c2ccc(Cl)cc2)CC1. The van der Waals surface area contributed by atoms with E-state index in [0.717, 1.165) is 18.1 Å². The Morgan fingerprint density at radius 1 is 0.971 bits per heavy atom. The van der Waals surface area contributed by atoms with Gasteiger partial charge in [0.05, 0.1) is 19.4 Å². The number of carboxylic acid groups (broad SMARTS) is 3.